The number of aryl methyl sites for hydroxylation is 1. The molecule has 4 nitrogen and oxygen atoms in total. The minimum absolute atomic E-state index is 0.0719. The van der Waals surface area contributed by atoms with E-state index in [1.807, 2.05) is 19.1 Å². The van der Waals surface area contributed by atoms with Crippen molar-refractivity contribution >= 4 is 5.97 Å². The van der Waals surface area contributed by atoms with Crippen LogP contribution in [0.15, 0.2) is 16.5 Å². The normalized spacial score (nSPS) is 11.7. The number of hydrogen-bond acceptors (Lipinski definition) is 3. The first kappa shape index (κ1) is 13.8. The maximum absolute atomic E-state index is 10.3. The minimum Gasteiger partial charge on any atom is -0.481 e. The summed E-state index contributed by atoms with van der Waals surface area (Å²) in [5.41, 5.74) is -0.0719. The molecule has 0 radical (unpaired) electrons. The number of furan rings is 1. The van der Waals surface area contributed by atoms with E-state index in [1.54, 1.807) is 0 Å². The molecule has 1 aromatic rings. The molecule has 1 aromatic heterocycles. The largest absolute Gasteiger partial charge is 0.481 e. The molecule has 17 heavy (non-hydrogen) atoms. The molecule has 96 valence electrons. The fraction of sp³-hybridized carbons (Fsp3) is 0.615. The molecule has 1 rings (SSSR count). The van der Waals surface area contributed by atoms with Crippen molar-refractivity contribution in [3.63, 3.8) is 0 Å². The summed E-state index contributed by atoms with van der Waals surface area (Å²) in [6.07, 6.45) is 0.871. The Morgan fingerprint density at radius 3 is 2.71 bits per heavy atom. The van der Waals surface area contributed by atoms with Crippen molar-refractivity contribution in [2.24, 2.45) is 0 Å². The number of carbonyl (C=O) groups is 1. The molecular formula is C13H21NO3. The number of carboxylic acids is 1. The number of aliphatic carboxylic acids is 1. The van der Waals surface area contributed by atoms with Crippen LogP contribution in [0, 0.1) is 6.92 Å². The topological polar surface area (TPSA) is 62.5 Å². The second kappa shape index (κ2) is 5.87. The number of rotatable bonds is 7. The first-order valence-corrected chi connectivity index (χ1v) is 5.91. The van der Waals surface area contributed by atoms with Crippen LogP contribution in [-0.4, -0.2) is 24.2 Å². The Balaban J connectivity index is 2.32. The van der Waals surface area contributed by atoms with Gasteiger partial charge in [0.05, 0.1) is 0 Å². The molecular weight excluding hydrogens is 218 g/mol. The van der Waals surface area contributed by atoms with E-state index in [0.29, 0.717) is 6.42 Å². The molecule has 0 aliphatic rings. The monoisotopic (exact) mass is 239 g/mol. The molecule has 2 N–H and O–H groups in total. The summed E-state index contributed by atoms with van der Waals surface area (Å²) < 4.78 is 5.61. The van der Waals surface area contributed by atoms with Gasteiger partial charge in [0.2, 0.25) is 0 Å². The Kier molecular flexibility index (Phi) is 4.75. The molecule has 1 heterocycles. The maximum Gasteiger partial charge on any atom is 0.303 e. The smallest absolute Gasteiger partial charge is 0.303 e. The lowest BCUT2D eigenvalue weighted by Crippen LogP contribution is -2.33. The van der Waals surface area contributed by atoms with Crippen LogP contribution in [0.3, 0.4) is 0 Å². The van der Waals surface area contributed by atoms with Crippen LogP contribution in [0.2, 0.25) is 0 Å². The first-order valence-electron chi connectivity index (χ1n) is 5.91. The van der Waals surface area contributed by atoms with Crippen molar-refractivity contribution in [1.29, 1.82) is 0 Å². The summed E-state index contributed by atoms with van der Waals surface area (Å²) >= 11 is 0. The molecule has 0 aliphatic carbocycles. The van der Waals surface area contributed by atoms with Crippen molar-refractivity contribution in [3.05, 3.63) is 23.7 Å². The van der Waals surface area contributed by atoms with E-state index >= 15 is 0 Å². The summed E-state index contributed by atoms with van der Waals surface area (Å²) in [5.74, 6) is 1.13. The zero-order chi connectivity index (χ0) is 12.9. The first-order chi connectivity index (χ1) is 7.92. The quantitative estimate of drug-likeness (QED) is 0.717. The van der Waals surface area contributed by atoms with Gasteiger partial charge < -0.3 is 14.8 Å². The van der Waals surface area contributed by atoms with Gasteiger partial charge in [-0.2, -0.15) is 0 Å². The summed E-state index contributed by atoms with van der Waals surface area (Å²) in [5, 5.41) is 11.8. The van der Waals surface area contributed by atoms with E-state index < -0.39 is 5.97 Å². The maximum atomic E-state index is 10.3. The Bertz CT molecular complexity index is 368. The molecule has 4 heteroatoms. The fourth-order valence-corrected chi connectivity index (χ4v) is 1.65. The highest BCUT2D eigenvalue weighted by molar-refractivity contribution is 5.66. The lowest BCUT2D eigenvalue weighted by molar-refractivity contribution is -0.137. The fourth-order valence-electron chi connectivity index (χ4n) is 1.65. The Hall–Kier alpha value is -1.29. The standard InChI is InChI=1S/C13H21NO3/c1-10-6-7-11(17-10)13(2,3)9-14-8-4-5-12(15)16/h6-7,14H,4-5,8-9H2,1-3H3,(H,15,16). The number of hydrogen-bond donors (Lipinski definition) is 2. The Morgan fingerprint density at radius 2 is 2.18 bits per heavy atom. The molecule has 0 fully saturated rings. The third-order valence-corrected chi connectivity index (χ3v) is 2.72. The summed E-state index contributed by atoms with van der Waals surface area (Å²) in [6, 6.07) is 3.95. The van der Waals surface area contributed by atoms with Gasteiger partial charge in [-0.1, -0.05) is 13.8 Å². The predicted octanol–water partition coefficient (Wildman–Crippen LogP) is 2.32. The van der Waals surface area contributed by atoms with E-state index in [2.05, 4.69) is 19.2 Å². The average molecular weight is 239 g/mol. The van der Waals surface area contributed by atoms with Gasteiger partial charge in [-0.15, -0.1) is 0 Å². The van der Waals surface area contributed by atoms with E-state index in [-0.39, 0.29) is 11.8 Å². The minimum atomic E-state index is -0.743. The Morgan fingerprint density at radius 1 is 1.47 bits per heavy atom. The summed E-state index contributed by atoms with van der Waals surface area (Å²) in [7, 11) is 0. The number of nitrogens with one attached hydrogen (secondary N) is 1. The van der Waals surface area contributed by atoms with E-state index in [9.17, 15) is 4.79 Å². The average Bonchev–Trinajstić information content (AvgIpc) is 2.64. The molecule has 0 amide bonds. The molecule has 0 saturated carbocycles. The van der Waals surface area contributed by atoms with Crippen molar-refractivity contribution in [1.82, 2.24) is 5.32 Å². The third kappa shape index (κ3) is 4.61. The highest BCUT2D eigenvalue weighted by atomic mass is 16.4. The van der Waals surface area contributed by atoms with Crippen LogP contribution in [0.25, 0.3) is 0 Å². The molecule has 0 unspecified atom stereocenters. The van der Waals surface area contributed by atoms with Crippen LogP contribution in [0.5, 0.6) is 0 Å². The molecule has 0 spiro atoms. The highest BCUT2D eigenvalue weighted by Gasteiger charge is 2.23. The van der Waals surface area contributed by atoms with Crippen molar-refractivity contribution in [2.75, 3.05) is 13.1 Å². The van der Waals surface area contributed by atoms with Crippen LogP contribution in [0.4, 0.5) is 0 Å². The van der Waals surface area contributed by atoms with Crippen LogP contribution >= 0.6 is 0 Å². The van der Waals surface area contributed by atoms with Crippen LogP contribution < -0.4 is 5.32 Å². The van der Waals surface area contributed by atoms with Gasteiger partial charge in [-0.25, -0.2) is 0 Å². The summed E-state index contributed by atoms with van der Waals surface area (Å²) in [6.45, 7) is 7.64. The van der Waals surface area contributed by atoms with E-state index in [4.69, 9.17) is 9.52 Å². The number of carboxylic acid groups (broad SMARTS) is 1. The third-order valence-electron chi connectivity index (χ3n) is 2.72. The van der Waals surface area contributed by atoms with Gasteiger partial charge in [0.25, 0.3) is 0 Å². The van der Waals surface area contributed by atoms with Gasteiger partial charge in [-0.3, -0.25) is 4.79 Å². The molecule has 0 bridgehead atoms. The lowest BCUT2D eigenvalue weighted by atomic mass is 9.90. The second-order valence-corrected chi connectivity index (χ2v) is 4.97. The molecule has 0 atom stereocenters. The van der Waals surface area contributed by atoms with Crippen LogP contribution in [0.1, 0.15) is 38.2 Å². The predicted molar refractivity (Wildman–Crippen MR) is 66.2 cm³/mol. The van der Waals surface area contributed by atoms with Gasteiger partial charge in [0, 0.05) is 18.4 Å². The van der Waals surface area contributed by atoms with Crippen molar-refractivity contribution < 1.29 is 14.3 Å². The van der Waals surface area contributed by atoms with Gasteiger partial charge in [0.1, 0.15) is 11.5 Å². The SMILES string of the molecule is Cc1ccc(C(C)(C)CNCCCC(=O)O)o1. The van der Waals surface area contributed by atoms with E-state index in [1.165, 1.54) is 0 Å². The van der Waals surface area contributed by atoms with Crippen molar-refractivity contribution in [2.45, 2.75) is 39.0 Å². The lowest BCUT2D eigenvalue weighted by Gasteiger charge is -2.22. The Labute approximate surface area is 102 Å². The zero-order valence-corrected chi connectivity index (χ0v) is 10.7. The molecule has 0 aliphatic heterocycles. The van der Waals surface area contributed by atoms with Crippen molar-refractivity contribution in [3.8, 4) is 0 Å². The zero-order valence-electron chi connectivity index (χ0n) is 10.7. The van der Waals surface area contributed by atoms with Gasteiger partial charge >= 0.3 is 5.97 Å². The second-order valence-electron chi connectivity index (χ2n) is 4.97. The van der Waals surface area contributed by atoms with Gasteiger partial charge in [0.15, 0.2) is 0 Å². The van der Waals surface area contributed by atoms with Gasteiger partial charge in [-0.05, 0) is 32.0 Å². The summed E-state index contributed by atoms with van der Waals surface area (Å²) in [4.78, 5) is 10.3. The van der Waals surface area contributed by atoms with E-state index in [0.717, 1.165) is 24.6 Å². The van der Waals surface area contributed by atoms with Crippen LogP contribution in [-0.2, 0) is 10.2 Å². The molecule has 0 aromatic carbocycles. The molecule has 0 saturated heterocycles. The highest BCUT2D eigenvalue weighted by Crippen LogP contribution is 2.24.